The first-order valence-electron chi connectivity index (χ1n) is 10.9. The number of carbonyl (C=O) groups is 1. The van der Waals surface area contributed by atoms with Crippen LogP contribution in [0.1, 0.15) is 48.5 Å². The number of nitrogens with one attached hydrogen (secondary N) is 3. The average molecular weight is 470 g/mol. The van der Waals surface area contributed by atoms with Crippen LogP contribution in [0.15, 0.2) is 58.4 Å². The zero-order valence-corrected chi connectivity index (χ0v) is 19.4. The number of hydrogen-bond donors (Lipinski definition) is 3. The minimum atomic E-state index is -3.93. The van der Waals surface area contributed by atoms with Crippen molar-refractivity contribution in [1.29, 1.82) is 0 Å². The summed E-state index contributed by atoms with van der Waals surface area (Å²) in [5, 5.41) is 2.84. The second-order valence-electron chi connectivity index (χ2n) is 8.47. The van der Waals surface area contributed by atoms with E-state index in [1.165, 1.54) is 24.4 Å². The molecule has 1 aliphatic heterocycles. The number of H-pyrrole nitrogens is 1. The van der Waals surface area contributed by atoms with Gasteiger partial charge in [0.25, 0.3) is 15.9 Å². The SMILES string of the molecule is CC(C)c1ccc(NS(=O)(=O)c2ccc3[nH]cc(C(=O)NC[C@H]4CCCO4)c(=O)c3c2)cc1. The average Bonchev–Trinajstić information content (AvgIpc) is 3.31. The van der Waals surface area contributed by atoms with Crippen LogP contribution in [0.2, 0.25) is 0 Å². The lowest BCUT2D eigenvalue weighted by atomic mass is 10.0. The fraction of sp³-hybridized carbons (Fsp3) is 0.333. The van der Waals surface area contributed by atoms with Crippen LogP contribution in [-0.2, 0) is 14.8 Å². The van der Waals surface area contributed by atoms with Gasteiger partial charge in [-0.05, 0) is 54.7 Å². The Labute approximate surface area is 192 Å². The Morgan fingerprint density at radius 2 is 1.94 bits per heavy atom. The second-order valence-corrected chi connectivity index (χ2v) is 10.1. The van der Waals surface area contributed by atoms with E-state index >= 15 is 0 Å². The lowest BCUT2D eigenvalue weighted by Gasteiger charge is -2.12. The van der Waals surface area contributed by atoms with E-state index in [1.54, 1.807) is 12.1 Å². The van der Waals surface area contributed by atoms with Gasteiger partial charge in [-0.15, -0.1) is 0 Å². The standard InChI is InChI=1S/C24H27N3O5S/c1-15(2)16-5-7-17(8-6-16)27-33(30,31)19-9-10-22-20(12-19)23(28)21(14-25-22)24(29)26-13-18-4-3-11-32-18/h5-10,12,14-15,18,27H,3-4,11,13H2,1-2H3,(H,25,28)(H,26,29)/t18-/m1/s1. The van der Waals surface area contributed by atoms with Gasteiger partial charge in [0, 0.05) is 35.9 Å². The van der Waals surface area contributed by atoms with Crippen molar-refractivity contribution in [3.8, 4) is 0 Å². The number of fused-ring (bicyclic) bond motifs is 1. The third-order valence-electron chi connectivity index (χ3n) is 5.75. The highest BCUT2D eigenvalue weighted by molar-refractivity contribution is 7.92. The first kappa shape index (κ1) is 23.0. The molecule has 3 aromatic rings. The molecular formula is C24H27N3O5S. The molecule has 1 amide bonds. The van der Waals surface area contributed by atoms with Crippen molar-refractivity contribution < 1.29 is 17.9 Å². The molecule has 9 heteroatoms. The summed E-state index contributed by atoms with van der Waals surface area (Å²) in [6.07, 6.45) is 3.11. The Morgan fingerprint density at radius 3 is 2.61 bits per heavy atom. The van der Waals surface area contributed by atoms with Crippen molar-refractivity contribution in [1.82, 2.24) is 10.3 Å². The van der Waals surface area contributed by atoms with Crippen LogP contribution in [-0.4, -0.2) is 38.6 Å². The van der Waals surface area contributed by atoms with E-state index in [0.29, 0.717) is 30.3 Å². The van der Waals surface area contributed by atoms with Crippen molar-refractivity contribution in [3.05, 3.63) is 70.0 Å². The molecule has 1 fully saturated rings. The summed E-state index contributed by atoms with van der Waals surface area (Å²) in [5.74, 6) is -0.190. The zero-order chi connectivity index (χ0) is 23.6. The summed E-state index contributed by atoms with van der Waals surface area (Å²) in [7, 11) is -3.93. The fourth-order valence-corrected chi connectivity index (χ4v) is 4.88. The normalized spacial score (nSPS) is 16.3. The van der Waals surface area contributed by atoms with Crippen molar-refractivity contribution in [2.75, 3.05) is 17.9 Å². The number of hydrogen-bond acceptors (Lipinski definition) is 5. The van der Waals surface area contributed by atoms with Gasteiger partial charge in [-0.3, -0.25) is 14.3 Å². The molecule has 0 saturated carbocycles. The topological polar surface area (TPSA) is 117 Å². The first-order chi connectivity index (χ1) is 15.7. The largest absolute Gasteiger partial charge is 0.376 e. The predicted molar refractivity (Wildman–Crippen MR) is 127 cm³/mol. The van der Waals surface area contributed by atoms with Gasteiger partial charge in [-0.25, -0.2) is 8.42 Å². The minimum Gasteiger partial charge on any atom is -0.376 e. The third-order valence-corrected chi connectivity index (χ3v) is 7.13. The van der Waals surface area contributed by atoms with Gasteiger partial charge in [0.1, 0.15) is 5.56 Å². The summed E-state index contributed by atoms with van der Waals surface area (Å²) in [5.41, 5.74) is 1.35. The molecule has 0 radical (unpaired) electrons. The molecule has 4 rings (SSSR count). The number of rotatable bonds is 7. The van der Waals surface area contributed by atoms with Crippen LogP contribution in [0.25, 0.3) is 10.9 Å². The summed E-state index contributed by atoms with van der Waals surface area (Å²) >= 11 is 0. The Hall–Kier alpha value is -3.17. The van der Waals surface area contributed by atoms with Gasteiger partial charge in [-0.1, -0.05) is 26.0 Å². The third kappa shape index (κ3) is 5.09. The van der Waals surface area contributed by atoms with Gasteiger partial charge < -0.3 is 15.0 Å². The number of aromatic amines is 1. The number of pyridine rings is 1. The van der Waals surface area contributed by atoms with E-state index in [-0.39, 0.29) is 21.9 Å². The van der Waals surface area contributed by atoms with Gasteiger partial charge in [0.2, 0.25) is 5.43 Å². The molecule has 0 unspecified atom stereocenters. The maximum absolute atomic E-state index is 13.0. The monoisotopic (exact) mass is 469 g/mol. The van der Waals surface area contributed by atoms with Gasteiger partial charge >= 0.3 is 0 Å². The van der Waals surface area contributed by atoms with E-state index in [2.05, 4.69) is 28.9 Å². The summed E-state index contributed by atoms with van der Waals surface area (Å²) < 4.78 is 33.9. The van der Waals surface area contributed by atoms with E-state index in [1.807, 2.05) is 12.1 Å². The lowest BCUT2D eigenvalue weighted by molar-refractivity contribution is 0.0857. The number of aromatic nitrogens is 1. The maximum Gasteiger partial charge on any atom is 0.261 e. The highest BCUT2D eigenvalue weighted by Gasteiger charge is 2.20. The first-order valence-corrected chi connectivity index (χ1v) is 12.4. The lowest BCUT2D eigenvalue weighted by Crippen LogP contribution is -2.34. The minimum absolute atomic E-state index is 0.0501. The molecule has 33 heavy (non-hydrogen) atoms. The molecule has 3 N–H and O–H groups in total. The van der Waals surface area contributed by atoms with Crippen molar-refractivity contribution in [2.24, 2.45) is 0 Å². The van der Waals surface area contributed by atoms with Gasteiger partial charge in [0.15, 0.2) is 0 Å². The highest BCUT2D eigenvalue weighted by Crippen LogP contribution is 2.22. The molecule has 174 valence electrons. The summed E-state index contributed by atoms with van der Waals surface area (Å²) in [4.78, 5) is 28.4. The molecule has 1 saturated heterocycles. The highest BCUT2D eigenvalue weighted by atomic mass is 32.2. The van der Waals surface area contributed by atoms with E-state index in [4.69, 9.17) is 4.74 Å². The van der Waals surface area contributed by atoms with Crippen LogP contribution >= 0.6 is 0 Å². The number of benzene rings is 2. The maximum atomic E-state index is 13.0. The van der Waals surface area contributed by atoms with Crippen LogP contribution in [0.3, 0.4) is 0 Å². The van der Waals surface area contributed by atoms with Crippen LogP contribution in [0.5, 0.6) is 0 Å². The molecule has 0 bridgehead atoms. The van der Waals surface area contributed by atoms with E-state index in [0.717, 1.165) is 18.4 Å². The Balaban J connectivity index is 1.58. The molecule has 0 aliphatic carbocycles. The Morgan fingerprint density at radius 1 is 1.18 bits per heavy atom. The van der Waals surface area contributed by atoms with Crippen molar-refractivity contribution >= 4 is 32.5 Å². The zero-order valence-electron chi connectivity index (χ0n) is 18.6. The predicted octanol–water partition coefficient (Wildman–Crippen LogP) is 3.36. The summed E-state index contributed by atoms with van der Waals surface area (Å²) in [6, 6.07) is 11.4. The van der Waals surface area contributed by atoms with Gasteiger partial charge in [0.05, 0.1) is 11.0 Å². The van der Waals surface area contributed by atoms with Crippen LogP contribution < -0.4 is 15.5 Å². The molecule has 1 atom stereocenters. The number of ether oxygens (including phenoxy) is 1. The van der Waals surface area contributed by atoms with Crippen LogP contribution in [0.4, 0.5) is 5.69 Å². The fourth-order valence-electron chi connectivity index (χ4n) is 3.79. The van der Waals surface area contributed by atoms with Crippen molar-refractivity contribution in [3.63, 3.8) is 0 Å². The molecular weight excluding hydrogens is 442 g/mol. The Kier molecular flexibility index (Phi) is 6.53. The second kappa shape index (κ2) is 9.36. The molecule has 0 spiro atoms. The van der Waals surface area contributed by atoms with E-state index < -0.39 is 21.4 Å². The Bertz CT molecular complexity index is 1320. The van der Waals surface area contributed by atoms with E-state index in [9.17, 15) is 18.0 Å². The molecule has 1 aromatic heterocycles. The number of sulfonamides is 1. The van der Waals surface area contributed by atoms with Crippen LogP contribution in [0, 0.1) is 0 Å². The van der Waals surface area contributed by atoms with Gasteiger partial charge in [-0.2, -0.15) is 0 Å². The summed E-state index contributed by atoms with van der Waals surface area (Å²) in [6.45, 7) is 5.11. The number of amides is 1. The smallest absolute Gasteiger partial charge is 0.261 e. The quantitative estimate of drug-likeness (QED) is 0.491. The molecule has 1 aliphatic rings. The molecule has 2 heterocycles. The molecule has 2 aromatic carbocycles. The number of carbonyl (C=O) groups excluding carboxylic acids is 1. The van der Waals surface area contributed by atoms with Crippen molar-refractivity contribution in [2.45, 2.75) is 43.6 Å². The molecule has 8 nitrogen and oxygen atoms in total. The number of anilines is 1.